The van der Waals surface area contributed by atoms with Gasteiger partial charge in [-0.3, -0.25) is 0 Å². The average Bonchev–Trinajstić information content (AvgIpc) is 2.88. The number of hydrogen-bond acceptors (Lipinski definition) is 5. The molecule has 0 spiro atoms. The van der Waals surface area contributed by atoms with Crippen LogP contribution in [-0.2, 0) is 5.75 Å². The van der Waals surface area contributed by atoms with Crippen molar-refractivity contribution in [3.8, 4) is 5.75 Å². The van der Waals surface area contributed by atoms with Crippen LogP contribution in [0.15, 0.2) is 52.2 Å². The van der Waals surface area contributed by atoms with Crippen molar-refractivity contribution in [3.63, 3.8) is 0 Å². The van der Waals surface area contributed by atoms with E-state index in [1.807, 2.05) is 30.3 Å². The molecule has 0 fully saturated rings. The summed E-state index contributed by atoms with van der Waals surface area (Å²) in [5.74, 6) is 1.64. The van der Waals surface area contributed by atoms with Crippen LogP contribution >= 0.6 is 11.8 Å². The number of rotatable bonds is 4. The lowest BCUT2D eigenvalue weighted by Crippen LogP contribution is -1.85. The number of pyridine rings is 1. The summed E-state index contributed by atoms with van der Waals surface area (Å²) in [7, 11) is 1.67. The van der Waals surface area contributed by atoms with Gasteiger partial charge in [-0.15, -0.1) is 0 Å². The quantitative estimate of drug-likeness (QED) is 0.680. The summed E-state index contributed by atoms with van der Waals surface area (Å²) in [4.78, 5) is 8.47. The Morgan fingerprint density at radius 3 is 3.05 bits per heavy atom. The van der Waals surface area contributed by atoms with Gasteiger partial charge in [0.25, 0.3) is 5.22 Å². The summed E-state index contributed by atoms with van der Waals surface area (Å²) in [6.45, 7) is 0. The highest BCUT2D eigenvalue weighted by molar-refractivity contribution is 7.98. The zero-order valence-electron chi connectivity index (χ0n) is 10.4. The first-order valence-corrected chi connectivity index (χ1v) is 6.81. The van der Waals surface area contributed by atoms with Gasteiger partial charge in [0.15, 0.2) is 11.2 Å². The lowest BCUT2D eigenvalue weighted by atomic mass is 10.2. The van der Waals surface area contributed by atoms with Gasteiger partial charge in [0.2, 0.25) is 0 Å². The zero-order valence-corrected chi connectivity index (χ0v) is 11.2. The maximum atomic E-state index is 5.60. The van der Waals surface area contributed by atoms with E-state index in [4.69, 9.17) is 9.15 Å². The van der Waals surface area contributed by atoms with Crippen molar-refractivity contribution in [2.45, 2.75) is 11.0 Å². The number of nitrogens with zero attached hydrogens (tertiary/aromatic N) is 2. The highest BCUT2D eigenvalue weighted by Crippen LogP contribution is 2.26. The van der Waals surface area contributed by atoms with Crippen LogP contribution in [0, 0.1) is 0 Å². The van der Waals surface area contributed by atoms with E-state index in [0.717, 1.165) is 17.1 Å². The fourth-order valence-corrected chi connectivity index (χ4v) is 2.49. The summed E-state index contributed by atoms with van der Waals surface area (Å²) in [5.41, 5.74) is 2.53. The molecular formula is C14H12N2O2S. The fraction of sp³-hybridized carbons (Fsp3) is 0.143. The average molecular weight is 272 g/mol. The molecule has 0 amide bonds. The number of benzene rings is 1. The van der Waals surface area contributed by atoms with Gasteiger partial charge >= 0.3 is 0 Å². The minimum Gasteiger partial charge on any atom is -0.497 e. The van der Waals surface area contributed by atoms with Crippen LogP contribution in [0.4, 0.5) is 0 Å². The molecule has 96 valence electrons. The van der Waals surface area contributed by atoms with E-state index < -0.39 is 0 Å². The Bertz CT molecular complexity index is 663. The molecule has 3 aromatic rings. The van der Waals surface area contributed by atoms with Crippen LogP contribution in [0.25, 0.3) is 11.2 Å². The molecule has 2 heterocycles. The highest BCUT2D eigenvalue weighted by Gasteiger charge is 2.07. The van der Waals surface area contributed by atoms with Crippen molar-refractivity contribution < 1.29 is 9.15 Å². The van der Waals surface area contributed by atoms with Crippen LogP contribution in [0.3, 0.4) is 0 Å². The molecule has 0 bridgehead atoms. The Balaban J connectivity index is 1.74. The van der Waals surface area contributed by atoms with E-state index in [1.165, 1.54) is 5.56 Å². The van der Waals surface area contributed by atoms with E-state index in [0.29, 0.717) is 10.9 Å². The van der Waals surface area contributed by atoms with Gasteiger partial charge in [0, 0.05) is 11.9 Å². The second-order valence-corrected chi connectivity index (χ2v) is 4.87. The van der Waals surface area contributed by atoms with Crippen LogP contribution in [-0.4, -0.2) is 17.1 Å². The second kappa shape index (κ2) is 5.32. The molecule has 0 aliphatic carbocycles. The molecule has 3 rings (SSSR count). The molecular weight excluding hydrogens is 260 g/mol. The minimum atomic E-state index is 0.636. The van der Waals surface area contributed by atoms with Gasteiger partial charge in [-0.2, -0.15) is 4.98 Å². The van der Waals surface area contributed by atoms with Crippen molar-refractivity contribution in [1.82, 2.24) is 9.97 Å². The number of thioether (sulfide) groups is 1. The predicted molar refractivity (Wildman–Crippen MR) is 74.4 cm³/mol. The van der Waals surface area contributed by atoms with Gasteiger partial charge in [-0.1, -0.05) is 23.9 Å². The number of oxazole rings is 1. The maximum Gasteiger partial charge on any atom is 0.258 e. The summed E-state index contributed by atoms with van der Waals surface area (Å²) in [5, 5.41) is 0.636. The van der Waals surface area contributed by atoms with Gasteiger partial charge in [0.1, 0.15) is 5.75 Å². The van der Waals surface area contributed by atoms with Crippen molar-refractivity contribution in [1.29, 1.82) is 0 Å². The lowest BCUT2D eigenvalue weighted by molar-refractivity contribution is 0.414. The van der Waals surface area contributed by atoms with Crippen molar-refractivity contribution in [3.05, 3.63) is 48.2 Å². The Morgan fingerprint density at radius 1 is 1.26 bits per heavy atom. The third kappa shape index (κ3) is 2.71. The van der Waals surface area contributed by atoms with Crippen molar-refractivity contribution in [2.24, 2.45) is 0 Å². The topological polar surface area (TPSA) is 48.2 Å². The third-order valence-electron chi connectivity index (χ3n) is 2.64. The summed E-state index contributed by atoms with van der Waals surface area (Å²) >= 11 is 1.55. The second-order valence-electron chi connectivity index (χ2n) is 3.95. The number of aromatic nitrogens is 2. The molecule has 0 N–H and O–H groups in total. The van der Waals surface area contributed by atoms with E-state index in [1.54, 1.807) is 25.1 Å². The monoisotopic (exact) mass is 272 g/mol. The lowest BCUT2D eigenvalue weighted by Gasteiger charge is -2.02. The maximum absolute atomic E-state index is 5.60. The fourth-order valence-electron chi connectivity index (χ4n) is 1.72. The molecule has 5 heteroatoms. The van der Waals surface area contributed by atoms with Crippen LogP contribution in [0.1, 0.15) is 5.56 Å². The smallest absolute Gasteiger partial charge is 0.258 e. The van der Waals surface area contributed by atoms with Crippen LogP contribution in [0.2, 0.25) is 0 Å². The molecule has 0 aliphatic rings. The minimum absolute atomic E-state index is 0.636. The molecule has 4 nitrogen and oxygen atoms in total. The van der Waals surface area contributed by atoms with Gasteiger partial charge in [-0.05, 0) is 29.8 Å². The molecule has 0 saturated heterocycles. The van der Waals surface area contributed by atoms with Crippen molar-refractivity contribution >= 4 is 23.0 Å². The number of fused-ring (bicyclic) bond motifs is 1. The number of ether oxygens (including phenoxy) is 1. The Labute approximate surface area is 114 Å². The Hall–Kier alpha value is -2.01. The van der Waals surface area contributed by atoms with Crippen LogP contribution < -0.4 is 4.74 Å². The number of methoxy groups -OCH3 is 1. The SMILES string of the molecule is COc1cccc(CSc2nc3ncccc3o2)c1. The van der Waals surface area contributed by atoms with Crippen molar-refractivity contribution in [2.75, 3.05) is 7.11 Å². The predicted octanol–water partition coefficient (Wildman–Crippen LogP) is 3.52. The third-order valence-corrected chi connectivity index (χ3v) is 3.54. The van der Waals surface area contributed by atoms with E-state index >= 15 is 0 Å². The first-order chi connectivity index (χ1) is 9.35. The Kier molecular flexibility index (Phi) is 3.37. The molecule has 0 saturated carbocycles. The molecule has 1 aromatic carbocycles. The standard InChI is InChI=1S/C14H12N2O2S/c1-17-11-5-2-4-10(8-11)9-19-14-16-13-12(18-14)6-3-7-15-13/h2-8H,9H2,1H3. The molecule has 0 atom stereocenters. The zero-order chi connectivity index (χ0) is 13.1. The molecule has 0 radical (unpaired) electrons. The van der Waals surface area contributed by atoms with E-state index in [2.05, 4.69) is 16.0 Å². The van der Waals surface area contributed by atoms with Gasteiger partial charge < -0.3 is 9.15 Å². The van der Waals surface area contributed by atoms with E-state index in [9.17, 15) is 0 Å². The molecule has 0 aliphatic heterocycles. The largest absolute Gasteiger partial charge is 0.497 e. The van der Waals surface area contributed by atoms with Gasteiger partial charge in [-0.25, -0.2) is 4.98 Å². The molecule has 2 aromatic heterocycles. The Morgan fingerprint density at radius 2 is 2.21 bits per heavy atom. The molecule has 19 heavy (non-hydrogen) atoms. The molecule has 0 unspecified atom stereocenters. The normalized spacial score (nSPS) is 10.8. The summed E-state index contributed by atoms with van der Waals surface area (Å²) in [6.07, 6.45) is 1.71. The van der Waals surface area contributed by atoms with Crippen LogP contribution in [0.5, 0.6) is 5.75 Å². The van der Waals surface area contributed by atoms with Gasteiger partial charge in [0.05, 0.1) is 7.11 Å². The first kappa shape index (κ1) is 12.0. The number of hydrogen-bond donors (Lipinski definition) is 0. The van der Waals surface area contributed by atoms with E-state index in [-0.39, 0.29) is 0 Å². The summed E-state index contributed by atoms with van der Waals surface area (Å²) in [6, 6.07) is 11.7. The summed E-state index contributed by atoms with van der Waals surface area (Å²) < 4.78 is 10.8. The highest BCUT2D eigenvalue weighted by atomic mass is 32.2. The first-order valence-electron chi connectivity index (χ1n) is 5.82.